The van der Waals surface area contributed by atoms with E-state index < -0.39 is 6.10 Å². The predicted molar refractivity (Wildman–Crippen MR) is 103 cm³/mol. The maximum absolute atomic E-state index is 11.5. The van der Waals surface area contributed by atoms with Gasteiger partial charge in [0.2, 0.25) is 0 Å². The van der Waals surface area contributed by atoms with Gasteiger partial charge in [0.05, 0.1) is 11.1 Å². The lowest BCUT2D eigenvalue weighted by molar-refractivity contribution is -0.146. The molecule has 1 unspecified atom stereocenters. The lowest BCUT2D eigenvalue weighted by Crippen LogP contribution is -2.28. The molecule has 0 aliphatic heterocycles. The van der Waals surface area contributed by atoms with E-state index in [2.05, 4.69) is 29.1 Å². The van der Waals surface area contributed by atoms with Gasteiger partial charge in [-0.3, -0.25) is 4.79 Å². The van der Waals surface area contributed by atoms with Gasteiger partial charge < -0.3 is 24.1 Å². The number of halogens is 1. The van der Waals surface area contributed by atoms with E-state index in [-0.39, 0.29) is 25.8 Å². The average Bonchev–Trinajstić information content (AvgIpc) is 2.63. The van der Waals surface area contributed by atoms with Crippen molar-refractivity contribution in [1.29, 1.82) is 0 Å². The maximum atomic E-state index is 11.5. The van der Waals surface area contributed by atoms with E-state index in [1.165, 1.54) is 0 Å². The fourth-order valence-electron chi connectivity index (χ4n) is 1.90. The largest absolute Gasteiger partial charge is 0.488 e. The van der Waals surface area contributed by atoms with Gasteiger partial charge in [-0.2, -0.15) is 0 Å². The SMILES string of the molecule is C=CCOc1cc(OCC=C)c(OC(CO)COC(=O)CCC)cc1Br. The van der Waals surface area contributed by atoms with Crippen LogP contribution in [0, 0.1) is 0 Å². The topological polar surface area (TPSA) is 74.2 Å². The van der Waals surface area contributed by atoms with Crippen molar-refractivity contribution in [3.8, 4) is 17.2 Å². The van der Waals surface area contributed by atoms with Crippen molar-refractivity contribution in [2.24, 2.45) is 0 Å². The summed E-state index contributed by atoms with van der Waals surface area (Å²) < 4.78 is 22.7. The zero-order valence-electron chi connectivity index (χ0n) is 14.9. The standard InChI is InChI=1S/C19H25BrO6/c1-4-7-19(22)25-13-14(12-21)26-18-10-15(20)16(23-8-5-2)11-17(18)24-9-6-3/h5-6,10-11,14,21H,2-4,7-9,12-13H2,1H3. The number of rotatable bonds is 13. The van der Waals surface area contributed by atoms with Gasteiger partial charge in [-0.15, -0.1) is 0 Å². The molecule has 7 heteroatoms. The molecule has 0 aromatic heterocycles. The first-order valence-corrected chi connectivity index (χ1v) is 9.09. The van der Waals surface area contributed by atoms with Crippen LogP contribution in [-0.4, -0.2) is 43.6 Å². The van der Waals surface area contributed by atoms with Crippen LogP contribution in [0.15, 0.2) is 41.9 Å². The first-order valence-electron chi connectivity index (χ1n) is 8.29. The highest BCUT2D eigenvalue weighted by Gasteiger charge is 2.18. The van der Waals surface area contributed by atoms with Gasteiger partial charge >= 0.3 is 5.97 Å². The minimum Gasteiger partial charge on any atom is -0.488 e. The number of ether oxygens (including phenoxy) is 4. The molecule has 1 N–H and O–H groups in total. The molecule has 0 heterocycles. The second-order valence-corrected chi connectivity index (χ2v) is 6.14. The van der Waals surface area contributed by atoms with E-state index in [1.54, 1.807) is 24.3 Å². The number of hydrogen-bond acceptors (Lipinski definition) is 6. The van der Waals surface area contributed by atoms with E-state index in [9.17, 15) is 9.90 Å². The lowest BCUT2D eigenvalue weighted by atomic mass is 10.3. The van der Waals surface area contributed by atoms with Crippen LogP contribution in [0.25, 0.3) is 0 Å². The van der Waals surface area contributed by atoms with E-state index in [0.717, 1.165) is 0 Å². The highest BCUT2D eigenvalue weighted by atomic mass is 79.9. The molecule has 0 radical (unpaired) electrons. The molecule has 0 saturated carbocycles. The molecule has 0 amide bonds. The van der Waals surface area contributed by atoms with E-state index in [4.69, 9.17) is 18.9 Å². The smallest absolute Gasteiger partial charge is 0.305 e. The van der Waals surface area contributed by atoms with Gasteiger partial charge in [0, 0.05) is 18.6 Å². The average molecular weight is 429 g/mol. The fraction of sp³-hybridized carbons (Fsp3) is 0.421. The summed E-state index contributed by atoms with van der Waals surface area (Å²) in [6.45, 7) is 9.37. The molecule has 26 heavy (non-hydrogen) atoms. The van der Waals surface area contributed by atoms with Crippen molar-refractivity contribution < 1.29 is 28.8 Å². The molecule has 1 aromatic carbocycles. The Morgan fingerprint density at radius 1 is 1.19 bits per heavy atom. The number of carbonyl (C=O) groups excluding carboxylic acids is 1. The summed E-state index contributed by atoms with van der Waals surface area (Å²) in [6, 6.07) is 3.34. The zero-order valence-corrected chi connectivity index (χ0v) is 16.5. The van der Waals surface area contributed by atoms with Gasteiger partial charge in [-0.05, 0) is 22.4 Å². The van der Waals surface area contributed by atoms with Crippen molar-refractivity contribution in [3.05, 3.63) is 41.9 Å². The number of esters is 1. The van der Waals surface area contributed by atoms with Crippen LogP contribution in [0.3, 0.4) is 0 Å². The van der Waals surface area contributed by atoms with Crippen LogP contribution in [0.5, 0.6) is 17.2 Å². The van der Waals surface area contributed by atoms with Crippen LogP contribution in [0.2, 0.25) is 0 Å². The molecule has 144 valence electrons. The van der Waals surface area contributed by atoms with Gasteiger partial charge in [-0.1, -0.05) is 32.2 Å². The first kappa shape index (κ1) is 22.1. The molecule has 0 bridgehead atoms. The fourth-order valence-corrected chi connectivity index (χ4v) is 2.33. The summed E-state index contributed by atoms with van der Waals surface area (Å²) >= 11 is 3.41. The molecule has 0 aliphatic rings. The summed E-state index contributed by atoms with van der Waals surface area (Å²) in [5.74, 6) is 1.04. The molecule has 0 fully saturated rings. The summed E-state index contributed by atoms with van der Waals surface area (Å²) in [6.07, 6.45) is 3.54. The Balaban J connectivity index is 2.92. The molecule has 1 rings (SSSR count). The third-order valence-electron chi connectivity index (χ3n) is 3.09. The number of benzene rings is 1. The van der Waals surface area contributed by atoms with Crippen LogP contribution in [-0.2, 0) is 9.53 Å². The zero-order chi connectivity index (χ0) is 19.4. The van der Waals surface area contributed by atoms with Crippen LogP contribution in [0.1, 0.15) is 19.8 Å². The maximum Gasteiger partial charge on any atom is 0.305 e. The number of carbonyl (C=O) groups is 1. The van der Waals surface area contributed by atoms with E-state index in [1.807, 2.05) is 6.92 Å². The van der Waals surface area contributed by atoms with Gasteiger partial charge in [0.25, 0.3) is 0 Å². The molecule has 1 atom stereocenters. The number of hydrogen-bond donors (Lipinski definition) is 1. The van der Waals surface area contributed by atoms with E-state index >= 15 is 0 Å². The summed E-state index contributed by atoms with van der Waals surface area (Å²) in [7, 11) is 0. The highest BCUT2D eigenvalue weighted by molar-refractivity contribution is 9.10. The number of aliphatic hydroxyl groups excluding tert-OH is 1. The Kier molecular flexibility index (Phi) is 10.5. The Hall–Kier alpha value is -1.99. The monoisotopic (exact) mass is 428 g/mol. The van der Waals surface area contributed by atoms with Crippen molar-refractivity contribution >= 4 is 21.9 Å². The first-order chi connectivity index (χ1) is 12.5. The van der Waals surface area contributed by atoms with Gasteiger partial charge in [0.1, 0.15) is 25.6 Å². The molecule has 0 spiro atoms. The second-order valence-electron chi connectivity index (χ2n) is 5.28. The Bertz CT molecular complexity index is 602. The molecule has 6 nitrogen and oxygen atoms in total. The minimum absolute atomic E-state index is 0.0530. The van der Waals surface area contributed by atoms with Crippen LogP contribution >= 0.6 is 15.9 Å². The minimum atomic E-state index is -0.714. The normalized spacial score (nSPS) is 11.3. The predicted octanol–water partition coefficient (Wildman–Crippen LogP) is 3.66. The summed E-state index contributed by atoms with van der Waals surface area (Å²) in [5.41, 5.74) is 0. The summed E-state index contributed by atoms with van der Waals surface area (Å²) in [4.78, 5) is 11.5. The van der Waals surface area contributed by atoms with Crippen molar-refractivity contribution in [2.45, 2.75) is 25.9 Å². The Morgan fingerprint density at radius 3 is 2.42 bits per heavy atom. The number of aliphatic hydroxyl groups is 1. The van der Waals surface area contributed by atoms with Crippen molar-refractivity contribution in [1.82, 2.24) is 0 Å². The Labute approximate surface area is 162 Å². The Morgan fingerprint density at radius 2 is 1.85 bits per heavy atom. The quantitative estimate of drug-likeness (QED) is 0.381. The second kappa shape index (κ2) is 12.4. The van der Waals surface area contributed by atoms with E-state index in [0.29, 0.717) is 41.2 Å². The third-order valence-corrected chi connectivity index (χ3v) is 3.71. The molecule has 1 aromatic rings. The molecule has 0 saturated heterocycles. The highest BCUT2D eigenvalue weighted by Crippen LogP contribution is 2.38. The van der Waals surface area contributed by atoms with Crippen LogP contribution < -0.4 is 14.2 Å². The van der Waals surface area contributed by atoms with Crippen molar-refractivity contribution in [2.75, 3.05) is 26.4 Å². The summed E-state index contributed by atoms with van der Waals surface area (Å²) in [5, 5.41) is 9.52. The van der Waals surface area contributed by atoms with Gasteiger partial charge in [0.15, 0.2) is 17.6 Å². The molecule has 0 aliphatic carbocycles. The van der Waals surface area contributed by atoms with Crippen LogP contribution in [0.4, 0.5) is 0 Å². The third kappa shape index (κ3) is 7.49. The van der Waals surface area contributed by atoms with Crippen molar-refractivity contribution in [3.63, 3.8) is 0 Å². The molecular formula is C19H25BrO6. The lowest BCUT2D eigenvalue weighted by Gasteiger charge is -2.20. The molecular weight excluding hydrogens is 404 g/mol. The van der Waals surface area contributed by atoms with Gasteiger partial charge in [-0.25, -0.2) is 0 Å².